The number of nitrogens with zero attached hydrogens (tertiary/aromatic N) is 3. The van der Waals surface area contributed by atoms with Crippen molar-refractivity contribution >= 4 is 5.69 Å². The van der Waals surface area contributed by atoms with Crippen LogP contribution in [0.15, 0.2) is 22.7 Å². The van der Waals surface area contributed by atoms with Crippen LogP contribution in [-0.4, -0.2) is 15.1 Å². The van der Waals surface area contributed by atoms with Gasteiger partial charge in [-0.2, -0.15) is 4.98 Å². The Morgan fingerprint density at radius 2 is 2.05 bits per heavy atom. The van der Waals surface area contributed by atoms with Crippen molar-refractivity contribution in [3.63, 3.8) is 0 Å². The largest absolute Gasteiger partial charge is 0.334 e. The molecule has 0 bridgehead atoms. The van der Waals surface area contributed by atoms with Crippen LogP contribution in [0.4, 0.5) is 5.69 Å². The van der Waals surface area contributed by atoms with Crippen LogP contribution in [0.3, 0.4) is 0 Å². The highest BCUT2D eigenvalue weighted by Gasteiger charge is 2.29. The van der Waals surface area contributed by atoms with Crippen LogP contribution in [0.2, 0.25) is 0 Å². The molecule has 21 heavy (non-hydrogen) atoms. The Kier molecular flexibility index (Phi) is 3.78. The van der Waals surface area contributed by atoms with Crippen molar-refractivity contribution in [2.75, 3.05) is 0 Å². The summed E-state index contributed by atoms with van der Waals surface area (Å²) < 4.78 is 5.17. The molecular formula is C14H18N4O3. The van der Waals surface area contributed by atoms with Crippen LogP contribution in [0.25, 0.3) is 11.5 Å². The lowest BCUT2D eigenvalue weighted by molar-refractivity contribution is -0.384. The average molecular weight is 290 g/mol. The lowest BCUT2D eigenvalue weighted by Gasteiger charge is -2.23. The fourth-order valence-electron chi connectivity index (χ4n) is 1.93. The molecule has 7 nitrogen and oxygen atoms in total. The number of nitro benzene ring substituents is 1. The van der Waals surface area contributed by atoms with Crippen LogP contribution < -0.4 is 5.73 Å². The molecule has 112 valence electrons. The third-order valence-electron chi connectivity index (χ3n) is 3.30. The van der Waals surface area contributed by atoms with Crippen molar-refractivity contribution in [1.82, 2.24) is 10.1 Å². The molecule has 0 amide bonds. The van der Waals surface area contributed by atoms with Gasteiger partial charge in [-0.3, -0.25) is 10.1 Å². The number of aryl methyl sites for hydroxylation is 1. The van der Waals surface area contributed by atoms with E-state index >= 15 is 0 Å². The fourth-order valence-corrected chi connectivity index (χ4v) is 1.93. The predicted molar refractivity (Wildman–Crippen MR) is 77.5 cm³/mol. The van der Waals surface area contributed by atoms with E-state index in [1.807, 2.05) is 20.8 Å². The summed E-state index contributed by atoms with van der Waals surface area (Å²) in [7, 11) is 0. The second kappa shape index (κ2) is 5.25. The van der Waals surface area contributed by atoms with Gasteiger partial charge in [-0.15, -0.1) is 0 Å². The third kappa shape index (κ3) is 2.92. The Labute approximate surface area is 122 Å². The van der Waals surface area contributed by atoms with Gasteiger partial charge in [0.2, 0.25) is 0 Å². The number of nitro groups is 1. The van der Waals surface area contributed by atoms with Gasteiger partial charge in [0.1, 0.15) is 5.56 Å². The van der Waals surface area contributed by atoms with Gasteiger partial charge >= 0.3 is 0 Å². The summed E-state index contributed by atoms with van der Waals surface area (Å²) in [5, 5.41) is 15.1. The van der Waals surface area contributed by atoms with Gasteiger partial charge in [-0.25, -0.2) is 0 Å². The molecule has 0 saturated heterocycles. The molecule has 0 fully saturated rings. The van der Waals surface area contributed by atoms with Crippen LogP contribution in [0, 0.1) is 22.5 Å². The molecule has 1 aromatic heterocycles. The summed E-state index contributed by atoms with van der Waals surface area (Å²) in [6.45, 7) is 7.55. The van der Waals surface area contributed by atoms with Crippen molar-refractivity contribution in [2.45, 2.75) is 33.7 Å². The van der Waals surface area contributed by atoms with Crippen LogP contribution in [0.5, 0.6) is 0 Å². The monoisotopic (exact) mass is 290 g/mol. The van der Waals surface area contributed by atoms with Gasteiger partial charge < -0.3 is 10.3 Å². The maximum atomic E-state index is 11.2. The Hall–Kier alpha value is -2.28. The van der Waals surface area contributed by atoms with Crippen molar-refractivity contribution < 1.29 is 9.45 Å². The van der Waals surface area contributed by atoms with E-state index in [0.29, 0.717) is 17.0 Å². The zero-order valence-corrected chi connectivity index (χ0v) is 12.5. The summed E-state index contributed by atoms with van der Waals surface area (Å²) in [6, 6.07) is 4.55. The smallest absolute Gasteiger partial charge is 0.285 e. The van der Waals surface area contributed by atoms with Crippen molar-refractivity contribution in [2.24, 2.45) is 11.1 Å². The lowest BCUT2D eigenvalue weighted by atomic mass is 9.87. The molecule has 0 saturated carbocycles. The molecule has 1 aromatic carbocycles. The highest BCUT2D eigenvalue weighted by atomic mass is 16.6. The molecule has 7 heteroatoms. The average Bonchev–Trinajstić information content (AvgIpc) is 2.85. The molecule has 0 spiro atoms. The minimum atomic E-state index is -0.446. The summed E-state index contributed by atoms with van der Waals surface area (Å²) >= 11 is 0. The van der Waals surface area contributed by atoms with Crippen LogP contribution in [0.1, 0.15) is 38.2 Å². The molecule has 2 N–H and O–H groups in total. The van der Waals surface area contributed by atoms with Gasteiger partial charge in [-0.1, -0.05) is 38.1 Å². The van der Waals surface area contributed by atoms with Gasteiger partial charge in [0.15, 0.2) is 5.82 Å². The van der Waals surface area contributed by atoms with E-state index in [1.165, 1.54) is 0 Å². The standard InChI is InChI=1S/C14H18N4O3/c1-8-6-5-7-9(10(8)18(19)20)13-16-12(17-21-13)11(15)14(2,3)4/h5-7,11H,15H2,1-4H3. The third-order valence-corrected chi connectivity index (χ3v) is 3.30. The zero-order chi connectivity index (χ0) is 15.8. The molecule has 1 atom stereocenters. The molecule has 2 aromatic rings. The number of benzene rings is 1. The van der Waals surface area contributed by atoms with Crippen molar-refractivity contribution in [3.8, 4) is 11.5 Å². The van der Waals surface area contributed by atoms with Crippen molar-refractivity contribution in [3.05, 3.63) is 39.7 Å². The minimum absolute atomic E-state index is 0.0305. The lowest BCUT2D eigenvalue weighted by Crippen LogP contribution is -2.27. The van der Waals surface area contributed by atoms with E-state index in [2.05, 4.69) is 10.1 Å². The first kappa shape index (κ1) is 15.1. The minimum Gasteiger partial charge on any atom is -0.334 e. The molecule has 0 aliphatic rings. The maximum absolute atomic E-state index is 11.2. The highest BCUT2D eigenvalue weighted by molar-refractivity contribution is 5.69. The quantitative estimate of drug-likeness (QED) is 0.687. The number of rotatable bonds is 3. The first-order valence-corrected chi connectivity index (χ1v) is 6.55. The van der Waals surface area contributed by atoms with E-state index in [-0.39, 0.29) is 17.0 Å². The SMILES string of the molecule is Cc1cccc(-c2nc(C(N)C(C)(C)C)no2)c1[N+](=O)[O-]. The summed E-state index contributed by atoms with van der Waals surface area (Å²) in [5.74, 6) is 0.452. The molecule has 0 radical (unpaired) electrons. The summed E-state index contributed by atoms with van der Waals surface area (Å²) in [5.41, 5.74) is 6.65. The van der Waals surface area contributed by atoms with Crippen LogP contribution in [-0.2, 0) is 0 Å². The van der Waals surface area contributed by atoms with Gasteiger partial charge in [0.25, 0.3) is 11.6 Å². The molecule has 0 aliphatic carbocycles. The van der Waals surface area contributed by atoms with Gasteiger partial charge in [0.05, 0.1) is 11.0 Å². The second-order valence-corrected chi connectivity index (χ2v) is 6.03. The fraction of sp³-hybridized carbons (Fsp3) is 0.429. The Morgan fingerprint density at radius 3 is 2.62 bits per heavy atom. The highest BCUT2D eigenvalue weighted by Crippen LogP contribution is 2.34. The zero-order valence-electron chi connectivity index (χ0n) is 12.5. The van der Waals surface area contributed by atoms with Gasteiger partial charge in [-0.05, 0) is 18.4 Å². The number of aromatic nitrogens is 2. The van der Waals surface area contributed by atoms with E-state index in [4.69, 9.17) is 10.3 Å². The van der Waals surface area contributed by atoms with E-state index < -0.39 is 11.0 Å². The maximum Gasteiger partial charge on any atom is 0.285 e. The normalized spacial score (nSPS) is 13.2. The first-order chi connectivity index (χ1) is 9.71. The molecule has 1 unspecified atom stereocenters. The first-order valence-electron chi connectivity index (χ1n) is 6.55. The Bertz CT molecular complexity index is 673. The van der Waals surface area contributed by atoms with Crippen molar-refractivity contribution in [1.29, 1.82) is 0 Å². The topological polar surface area (TPSA) is 108 Å². The summed E-state index contributed by atoms with van der Waals surface area (Å²) in [6.07, 6.45) is 0. The Morgan fingerprint density at radius 1 is 1.38 bits per heavy atom. The Balaban J connectivity index is 2.48. The van der Waals surface area contributed by atoms with E-state index in [1.54, 1.807) is 25.1 Å². The molecule has 1 heterocycles. The summed E-state index contributed by atoms with van der Waals surface area (Å²) in [4.78, 5) is 15.0. The van der Waals surface area contributed by atoms with Crippen LogP contribution >= 0.6 is 0 Å². The molecular weight excluding hydrogens is 272 g/mol. The predicted octanol–water partition coefficient (Wildman–Crippen LogP) is 3.00. The number of hydrogen-bond acceptors (Lipinski definition) is 6. The van der Waals surface area contributed by atoms with Gasteiger partial charge in [0, 0.05) is 5.56 Å². The number of hydrogen-bond donors (Lipinski definition) is 1. The van der Waals surface area contributed by atoms with E-state index in [0.717, 1.165) is 0 Å². The van der Waals surface area contributed by atoms with E-state index in [9.17, 15) is 10.1 Å². The molecule has 2 rings (SSSR count). The second-order valence-electron chi connectivity index (χ2n) is 6.03. The number of nitrogens with two attached hydrogens (primary N) is 1. The molecule has 0 aliphatic heterocycles. The number of para-hydroxylation sites is 1.